The Morgan fingerprint density at radius 2 is 2.00 bits per heavy atom. The number of hydrogen-bond acceptors (Lipinski definition) is 4. The molecule has 2 aromatic rings. The molecule has 0 atom stereocenters. The summed E-state index contributed by atoms with van der Waals surface area (Å²) in [5.41, 5.74) is 0.747. The van der Waals surface area contributed by atoms with Crippen LogP contribution < -0.4 is 0 Å². The molecular weight excluding hydrogens is 310 g/mol. The lowest BCUT2D eigenvalue weighted by Gasteiger charge is -2.32. The molecule has 126 valence electrons. The van der Waals surface area contributed by atoms with E-state index >= 15 is 0 Å². The highest BCUT2D eigenvalue weighted by atomic mass is 16.5. The lowest BCUT2D eigenvalue weighted by atomic mass is 10.1. The summed E-state index contributed by atoms with van der Waals surface area (Å²) in [6.07, 6.45) is 4.25. The number of ether oxygens (including phenoxy) is 1. The molecule has 0 aliphatic carbocycles. The van der Waals surface area contributed by atoms with Gasteiger partial charge in [0, 0.05) is 30.7 Å². The van der Waals surface area contributed by atoms with Gasteiger partial charge in [0.05, 0.1) is 0 Å². The van der Waals surface area contributed by atoms with E-state index in [4.69, 9.17) is 14.3 Å². The van der Waals surface area contributed by atoms with E-state index in [0.717, 1.165) is 11.0 Å². The molecule has 3 rings (SSSR count). The Labute approximate surface area is 139 Å². The molecule has 1 aromatic carbocycles. The van der Waals surface area contributed by atoms with Crippen molar-refractivity contribution in [2.75, 3.05) is 19.8 Å². The standard InChI is InChI=1S/C18H19NO5/c20-17(19(12-18(21)22)14-7-9-23-10-8-14)6-5-15-11-13-3-1-2-4-16(13)24-15/h1-6,11,14H,7-10,12H2,(H,21,22). The van der Waals surface area contributed by atoms with Crippen molar-refractivity contribution < 1.29 is 23.8 Å². The molecule has 0 unspecified atom stereocenters. The lowest BCUT2D eigenvalue weighted by Crippen LogP contribution is -2.45. The van der Waals surface area contributed by atoms with E-state index < -0.39 is 5.97 Å². The summed E-state index contributed by atoms with van der Waals surface area (Å²) < 4.78 is 10.9. The number of hydrogen-bond donors (Lipinski definition) is 1. The molecule has 1 amide bonds. The van der Waals surface area contributed by atoms with Gasteiger partial charge in [0.15, 0.2) is 0 Å². The van der Waals surface area contributed by atoms with Gasteiger partial charge in [-0.15, -0.1) is 0 Å². The van der Waals surface area contributed by atoms with Crippen LogP contribution in [0.4, 0.5) is 0 Å². The van der Waals surface area contributed by atoms with Gasteiger partial charge in [-0.25, -0.2) is 0 Å². The Kier molecular flexibility index (Phi) is 4.96. The number of fused-ring (bicyclic) bond motifs is 1. The molecule has 6 nitrogen and oxygen atoms in total. The number of para-hydroxylation sites is 1. The highest BCUT2D eigenvalue weighted by Gasteiger charge is 2.26. The second-order valence-electron chi connectivity index (χ2n) is 5.72. The van der Waals surface area contributed by atoms with E-state index in [-0.39, 0.29) is 18.5 Å². The predicted molar refractivity (Wildman–Crippen MR) is 88.4 cm³/mol. The van der Waals surface area contributed by atoms with Crippen molar-refractivity contribution in [3.05, 3.63) is 42.2 Å². The monoisotopic (exact) mass is 329 g/mol. The van der Waals surface area contributed by atoms with Crippen molar-refractivity contribution in [3.63, 3.8) is 0 Å². The zero-order chi connectivity index (χ0) is 16.9. The van der Waals surface area contributed by atoms with E-state index in [1.54, 1.807) is 6.08 Å². The van der Waals surface area contributed by atoms with Gasteiger partial charge >= 0.3 is 5.97 Å². The van der Waals surface area contributed by atoms with Crippen LogP contribution in [-0.4, -0.2) is 47.7 Å². The minimum atomic E-state index is -1.02. The van der Waals surface area contributed by atoms with Gasteiger partial charge < -0.3 is 19.2 Å². The van der Waals surface area contributed by atoms with Crippen molar-refractivity contribution in [1.29, 1.82) is 0 Å². The number of nitrogens with zero attached hydrogens (tertiary/aromatic N) is 1. The average Bonchev–Trinajstić information content (AvgIpc) is 3.01. The maximum absolute atomic E-state index is 12.5. The largest absolute Gasteiger partial charge is 0.480 e. The third-order valence-corrected chi connectivity index (χ3v) is 4.06. The summed E-state index contributed by atoms with van der Waals surface area (Å²) in [6, 6.07) is 9.31. The summed E-state index contributed by atoms with van der Waals surface area (Å²) in [4.78, 5) is 24.9. The fraction of sp³-hybridized carbons (Fsp3) is 0.333. The third kappa shape index (κ3) is 3.83. The molecule has 1 fully saturated rings. The summed E-state index contributed by atoms with van der Waals surface area (Å²) >= 11 is 0. The molecular formula is C18H19NO5. The van der Waals surface area contributed by atoms with Crippen molar-refractivity contribution in [1.82, 2.24) is 4.90 Å². The lowest BCUT2D eigenvalue weighted by molar-refractivity contribution is -0.145. The number of aliphatic carboxylic acids is 1. The third-order valence-electron chi connectivity index (χ3n) is 4.06. The minimum absolute atomic E-state index is 0.109. The molecule has 24 heavy (non-hydrogen) atoms. The van der Waals surface area contributed by atoms with Gasteiger partial charge in [-0.1, -0.05) is 18.2 Å². The van der Waals surface area contributed by atoms with Crippen LogP contribution in [0.15, 0.2) is 40.8 Å². The van der Waals surface area contributed by atoms with Crippen molar-refractivity contribution in [3.8, 4) is 0 Å². The molecule has 0 bridgehead atoms. The van der Waals surface area contributed by atoms with Crippen LogP contribution in [0, 0.1) is 0 Å². The Morgan fingerprint density at radius 3 is 2.71 bits per heavy atom. The number of benzene rings is 1. The van der Waals surface area contributed by atoms with Crippen molar-refractivity contribution in [2.45, 2.75) is 18.9 Å². The van der Waals surface area contributed by atoms with Gasteiger partial charge in [-0.3, -0.25) is 9.59 Å². The Hall–Kier alpha value is -2.60. The number of amides is 1. The first-order valence-electron chi connectivity index (χ1n) is 7.90. The summed E-state index contributed by atoms with van der Waals surface area (Å²) in [5, 5.41) is 10.0. The molecule has 0 saturated carbocycles. The van der Waals surface area contributed by atoms with Gasteiger partial charge in [-0.05, 0) is 31.1 Å². The second-order valence-corrected chi connectivity index (χ2v) is 5.72. The quantitative estimate of drug-likeness (QED) is 0.853. The molecule has 0 spiro atoms. The molecule has 2 heterocycles. The van der Waals surface area contributed by atoms with Crippen LogP contribution in [0.5, 0.6) is 0 Å². The van der Waals surface area contributed by atoms with E-state index in [2.05, 4.69) is 0 Å². The predicted octanol–water partition coefficient (Wildman–Crippen LogP) is 2.54. The maximum atomic E-state index is 12.5. The molecule has 1 N–H and O–H groups in total. The van der Waals surface area contributed by atoms with E-state index in [0.29, 0.717) is 31.8 Å². The van der Waals surface area contributed by atoms with Crippen LogP contribution >= 0.6 is 0 Å². The topological polar surface area (TPSA) is 80.0 Å². The van der Waals surface area contributed by atoms with Crippen molar-refractivity contribution in [2.24, 2.45) is 0 Å². The summed E-state index contributed by atoms with van der Waals surface area (Å²) in [7, 11) is 0. The van der Waals surface area contributed by atoms with E-state index in [9.17, 15) is 9.59 Å². The first-order chi connectivity index (χ1) is 11.6. The summed E-state index contributed by atoms with van der Waals surface area (Å²) in [6.45, 7) is 0.774. The fourth-order valence-electron chi connectivity index (χ4n) is 2.86. The molecule has 6 heteroatoms. The number of rotatable bonds is 5. The number of furan rings is 1. The van der Waals surface area contributed by atoms with Crippen LogP contribution in [0.3, 0.4) is 0 Å². The number of carbonyl (C=O) groups is 2. The van der Waals surface area contributed by atoms with E-state index in [1.165, 1.54) is 11.0 Å². The SMILES string of the molecule is O=C(O)CN(C(=O)C=Cc1cc2ccccc2o1)C1CCOCC1. The van der Waals surface area contributed by atoms with Gasteiger partial charge in [0.2, 0.25) is 5.91 Å². The zero-order valence-electron chi connectivity index (χ0n) is 13.2. The Balaban J connectivity index is 1.74. The number of carboxylic acids is 1. The highest BCUT2D eigenvalue weighted by molar-refractivity contribution is 5.94. The fourth-order valence-corrected chi connectivity index (χ4v) is 2.86. The molecule has 1 aromatic heterocycles. The van der Waals surface area contributed by atoms with Gasteiger partial charge in [0.1, 0.15) is 17.9 Å². The smallest absolute Gasteiger partial charge is 0.323 e. The molecule has 1 aliphatic rings. The highest BCUT2D eigenvalue weighted by Crippen LogP contribution is 2.20. The minimum Gasteiger partial charge on any atom is -0.480 e. The molecule has 1 saturated heterocycles. The van der Waals surface area contributed by atoms with Crippen LogP contribution in [0.1, 0.15) is 18.6 Å². The zero-order valence-corrected chi connectivity index (χ0v) is 13.2. The molecule has 0 radical (unpaired) electrons. The first kappa shape index (κ1) is 16.3. The van der Waals surface area contributed by atoms with Crippen LogP contribution in [0.2, 0.25) is 0 Å². The van der Waals surface area contributed by atoms with Gasteiger partial charge in [0.25, 0.3) is 0 Å². The number of carbonyl (C=O) groups excluding carboxylic acids is 1. The molecule has 1 aliphatic heterocycles. The van der Waals surface area contributed by atoms with Gasteiger partial charge in [-0.2, -0.15) is 0 Å². The van der Waals surface area contributed by atoms with Crippen LogP contribution in [0.25, 0.3) is 17.0 Å². The average molecular weight is 329 g/mol. The Bertz CT molecular complexity index is 725. The van der Waals surface area contributed by atoms with E-state index in [1.807, 2.05) is 30.3 Å². The maximum Gasteiger partial charge on any atom is 0.323 e. The first-order valence-corrected chi connectivity index (χ1v) is 7.90. The number of carboxylic acid groups (broad SMARTS) is 1. The summed E-state index contributed by atoms with van der Waals surface area (Å²) in [5.74, 6) is -0.788. The normalized spacial score (nSPS) is 15.8. The van der Waals surface area contributed by atoms with Crippen LogP contribution in [-0.2, 0) is 14.3 Å². The second kappa shape index (κ2) is 7.31. The van der Waals surface area contributed by atoms with Crippen molar-refractivity contribution >= 4 is 28.9 Å². The Morgan fingerprint density at radius 1 is 1.25 bits per heavy atom.